The van der Waals surface area contributed by atoms with Crippen molar-refractivity contribution in [3.05, 3.63) is 56.9 Å². The van der Waals surface area contributed by atoms with Crippen molar-refractivity contribution in [2.45, 2.75) is 0 Å². The fraction of sp³-hybridized carbons (Fsp3) is 0. The number of anilines is 1. The number of furan rings is 1. The molecule has 0 saturated heterocycles. The topological polar surface area (TPSA) is 163 Å². The van der Waals surface area contributed by atoms with Gasteiger partial charge in [-0.2, -0.15) is 5.10 Å². The number of carbonyl (C=O) groups excluding carboxylic acids is 1. The zero-order valence-electron chi connectivity index (χ0n) is 12.7. The molecule has 0 atom stereocenters. The maximum atomic E-state index is 11.7. The van der Waals surface area contributed by atoms with E-state index in [-0.39, 0.29) is 22.2 Å². The van der Waals surface area contributed by atoms with Gasteiger partial charge in [-0.15, -0.1) is 0 Å². The van der Waals surface area contributed by atoms with Crippen LogP contribution in [-0.4, -0.2) is 27.4 Å². The number of hydrogen-bond donors (Lipinski definition) is 2. The summed E-state index contributed by atoms with van der Waals surface area (Å²) in [4.78, 5) is 22.1. The SMILES string of the molecule is Nc1nonc1C(=O)NN=Cc1ccc(-c2ccc(Cl)c([N+](=O)[O-])c2)o1. The molecule has 3 aromatic rings. The standard InChI is InChI=1S/C14H9ClN6O5/c15-9-3-1-7(5-10(9)21(23)24)11-4-2-8(25-11)6-17-18-14(22)12-13(16)20-26-19-12/h1-6H,(H2,16,20)(H,18,22). The van der Waals surface area contributed by atoms with Crippen LogP contribution in [0, 0.1) is 10.1 Å². The van der Waals surface area contributed by atoms with Crippen LogP contribution >= 0.6 is 11.6 Å². The number of halogens is 1. The van der Waals surface area contributed by atoms with E-state index in [1.807, 2.05) is 0 Å². The Hall–Kier alpha value is -3.73. The number of nitrogens with zero attached hydrogens (tertiary/aromatic N) is 4. The van der Waals surface area contributed by atoms with Crippen molar-refractivity contribution in [3.8, 4) is 11.3 Å². The van der Waals surface area contributed by atoms with E-state index in [4.69, 9.17) is 21.8 Å². The summed E-state index contributed by atoms with van der Waals surface area (Å²) in [5.74, 6) is -0.214. The molecule has 3 rings (SSSR count). The molecule has 0 bridgehead atoms. The van der Waals surface area contributed by atoms with Crippen LogP contribution in [0.3, 0.4) is 0 Å². The monoisotopic (exact) mass is 376 g/mol. The van der Waals surface area contributed by atoms with Crippen LogP contribution in [0.4, 0.5) is 11.5 Å². The zero-order chi connectivity index (χ0) is 18.7. The summed E-state index contributed by atoms with van der Waals surface area (Å²) >= 11 is 5.78. The Balaban J connectivity index is 1.72. The van der Waals surface area contributed by atoms with Crippen molar-refractivity contribution in [3.63, 3.8) is 0 Å². The van der Waals surface area contributed by atoms with Crippen molar-refractivity contribution in [1.82, 2.24) is 15.7 Å². The van der Waals surface area contributed by atoms with E-state index in [9.17, 15) is 14.9 Å². The molecule has 0 radical (unpaired) electrons. The highest BCUT2D eigenvalue weighted by atomic mass is 35.5. The van der Waals surface area contributed by atoms with Crippen molar-refractivity contribution in [2.24, 2.45) is 5.10 Å². The first-order valence-corrected chi connectivity index (χ1v) is 7.29. The molecule has 2 heterocycles. The predicted molar refractivity (Wildman–Crippen MR) is 89.6 cm³/mol. The second-order valence-corrected chi connectivity index (χ2v) is 5.23. The van der Waals surface area contributed by atoms with Gasteiger partial charge < -0.3 is 10.2 Å². The Morgan fingerprint density at radius 1 is 1.35 bits per heavy atom. The molecule has 0 spiro atoms. The molecule has 0 aliphatic carbocycles. The molecule has 26 heavy (non-hydrogen) atoms. The van der Waals surface area contributed by atoms with Crippen molar-refractivity contribution < 1.29 is 18.8 Å². The first-order valence-electron chi connectivity index (χ1n) is 6.91. The number of carbonyl (C=O) groups is 1. The van der Waals surface area contributed by atoms with E-state index < -0.39 is 10.8 Å². The number of nitrogen functional groups attached to an aromatic ring is 1. The van der Waals surface area contributed by atoms with Crippen LogP contribution in [0.5, 0.6) is 0 Å². The Labute approximate surface area is 149 Å². The first kappa shape index (κ1) is 17.1. The third-order valence-electron chi connectivity index (χ3n) is 3.14. The molecule has 0 aliphatic heterocycles. The van der Waals surface area contributed by atoms with Crippen LogP contribution in [0.25, 0.3) is 11.3 Å². The number of nitro benzene ring substituents is 1. The molecule has 2 aromatic heterocycles. The third kappa shape index (κ3) is 3.52. The van der Waals surface area contributed by atoms with Crippen LogP contribution in [0.2, 0.25) is 5.02 Å². The zero-order valence-corrected chi connectivity index (χ0v) is 13.5. The molecule has 0 fully saturated rings. The van der Waals surface area contributed by atoms with E-state index in [1.54, 1.807) is 18.2 Å². The lowest BCUT2D eigenvalue weighted by Crippen LogP contribution is -2.19. The lowest BCUT2D eigenvalue weighted by molar-refractivity contribution is -0.384. The van der Waals surface area contributed by atoms with Gasteiger partial charge in [0.2, 0.25) is 11.5 Å². The van der Waals surface area contributed by atoms with E-state index >= 15 is 0 Å². The normalized spacial score (nSPS) is 11.0. The Bertz CT molecular complexity index is 1010. The predicted octanol–water partition coefficient (Wildman–Crippen LogP) is 2.24. The van der Waals surface area contributed by atoms with Crippen LogP contribution in [0.1, 0.15) is 16.2 Å². The summed E-state index contributed by atoms with van der Waals surface area (Å²) in [5.41, 5.74) is 7.59. The Morgan fingerprint density at radius 2 is 2.15 bits per heavy atom. The summed E-state index contributed by atoms with van der Waals surface area (Å²) in [5, 5.41) is 21.3. The number of hydrogen-bond acceptors (Lipinski definition) is 9. The highest BCUT2D eigenvalue weighted by Gasteiger charge is 2.16. The van der Waals surface area contributed by atoms with Gasteiger partial charge in [-0.25, -0.2) is 10.1 Å². The number of nitro groups is 1. The lowest BCUT2D eigenvalue weighted by Gasteiger charge is -1.99. The molecule has 0 saturated carbocycles. The minimum atomic E-state index is -0.708. The quantitative estimate of drug-likeness (QED) is 0.389. The molecule has 132 valence electrons. The number of benzene rings is 1. The molecular formula is C14H9ClN6O5. The summed E-state index contributed by atoms with van der Waals surface area (Å²) in [6.07, 6.45) is 1.23. The molecule has 3 N–H and O–H groups in total. The maximum Gasteiger partial charge on any atom is 0.297 e. The van der Waals surface area contributed by atoms with Crippen LogP contribution in [0.15, 0.2) is 44.5 Å². The number of nitrogens with two attached hydrogens (primary N) is 1. The smallest absolute Gasteiger partial charge is 0.297 e. The van der Waals surface area contributed by atoms with Gasteiger partial charge in [-0.3, -0.25) is 14.9 Å². The van der Waals surface area contributed by atoms with Gasteiger partial charge in [0.1, 0.15) is 16.5 Å². The third-order valence-corrected chi connectivity index (χ3v) is 3.46. The fourth-order valence-corrected chi connectivity index (χ4v) is 2.13. The Kier molecular flexibility index (Phi) is 4.62. The van der Waals surface area contributed by atoms with Gasteiger partial charge >= 0.3 is 0 Å². The van der Waals surface area contributed by atoms with Crippen molar-refractivity contribution in [2.75, 3.05) is 5.73 Å². The van der Waals surface area contributed by atoms with Gasteiger partial charge in [0.15, 0.2) is 0 Å². The summed E-state index contributed by atoms with van der Waals surface area (Å²) in [6.45, 7) is 0. The van der Waals surface area contributed by atoms with E-state index in [2.05, 4.69) is 25.5 Å². The molecule has 0 aliphatic rings. The summed E-state index contributed by atoms with van der Waals surface area (Å²) in [6, 6.07) is 7.44. The minimum Gasteiger partial charge on any atom is -0.455 e. The van der Waals surface area contributed by atoms with Crippen LogP contribution < -0.4 is 11.2 Å². The average Bonchev–Trinajstić information content (AvgIpc) is 3.24. The minimum absolute atomic E-state index is 0.0245. The van der Waals surface area contributed by atoms with Crippen molar-refractivity contribution >= 4 is 35.2 Å². The van der Waals surface area contributed by atoms with Gasteiger partial charge in [0.05, 0.1) is 11.1 Å². The molecule has 1 aromatic carbocycles. The number of amides is 1. The van der Waals surface area contributed by atoms with E-state index in [0.717, 1.165) is 0 Å². The largest absolute Gasteiger partial charge is 0.455 e. The summed E-state index contributed by atoms with van der Waals surface area (Å²) in [7, 11) is 0. The number of hydrazone groups is 1. The maximum absolute atomic E-state index is 11.7. The van der Waals surface area contributed by atoms with Gasteiger partial charge in [0, 0.05) is 11.6 Å². The van der Waals surface area contributed by atoms with Crippen LogP contribution in [-0.2, 0) is 0 Å². The molecule has 12 heteroatoms. The molecular weight excluding hydrogens is 368 g/mol. The summed E-state index contributed by atoms with van der Waals surface area (Å²) < 4.78 is 9.81. The Morgan fingerprint density at radius 3 is 2.85 bits per heavy atom. The van der Waals surface area contributed by atoms with Gasteiger partial charge in [-0.1, -0.05) is 11.6 Å². The van der Waals surface area contributed by atoms with Gasteiger partial charge in [0.25, 0.3) is 11.6 Å². The number of nitrogens with one attached hydrogen (secondary N) is 1. The highest BCUT2D eigenvalue weighted by molar-refractivity contribution is 6.32. The fourth-order valence-electron chi connectivity index (χ4n) is 1.94. The highest BCUT2D eigenvalue weighted by Crippen LogP contribution is 2.30. The molecule has 1 amide bonds. The second-order valence-electron chi connectivity index (χ2n) is 4.82. The number of rotatable bonds is 5. The molecule has 11 nitrogen and oxygen atoms in total. The van der Waals surface area contributed by atoms with E-state index in [0.29, 0.717) is 17.1 Å². The van der Waals surface area contributed by atoms with Gasteiger partial charge in [-0.05, 0) is 34.6 Å². The number of aromatic nitrogens is 2. The second kappa shape index (κ2) is 7.03. The van der Waals surface area contributed by atoms with Crippen molar-refractivity contribution in [1.29, 1.82) is 0 Å². The average molecular weight is 377 g/mol. The van der Waals surface area contributed by atoms with E-state index in [1.165, 1.54) is 18.3 Å². The molecule has 0 unspecified atom stereocenters. The first-order chi connectivity index (χ1) is 12.5. The lowest BCUT2D eigenvalue weighted by atomic mass is 10.1.